The van der Waals surface area contributed by atoms with E-state index in [-0.39, 0.29) is 5.91 Å². The van der Waals surface area contributed by atoms with Crippen molar-refractivity contribution in [1.29, 1.82) is 0 Å². The Balaban J connectivity index is 1.98. The van der Waals surface area contributed by atoms with E-state index >= 15 is 0 Å². The highest BCUT2D eigenvalue weighted by atomic mass is 32.1. The normalized spacial score (nSPS) is 15.3. The quantitative estimate of drug-likeness (QED) is 0.646. The molecule has 1 aliphatic heterocycles. The average molecular weight is 368 g/mol. The third kappa shape index (κ3) is 3.41. The Kier molecular flexibility index (Phi) is 5.23. The molecule has 0 bridgehead atoms. The van der Waals surface area contributed by atoms with E-state index in [0.29, 0.717) is 22.3 Å². The van der Waals surface area contributed by atoms with Crippen LogP contribution in [0.2, 0.25) is 0 Å². The number of nitrogens with one attached hydrogen (secondary N) is 1. The number of carbonyl (C=O) groups excluding carboxylic acids is 1. The van der Waals surface area contributed by atoms with Crippen molar-refractivity contribution < 1.29 is 14.3 Å². The van der Waals surface area contributed by atoms with Crippen LogP contribution in [-0.2, 0) is 11.2 Å². The van der Waals surface area contributed by atoms with Crippen molar-refractivity contribution in [1.82, 2.24) is 5.32 Å². The van der Waals surface area contributed by atoms with Crippen LogP contribution in [0.3, 0.4) is 0 Å². The van der Waals surface area contributed by atoms with Crippen molar-refractivity contribution in [3.8, 4) is 11.5 Å². The fraction of sp³-hybridized carbons (Fsp3) is 0.200. The molecule has 0 atom stereocenters. The fourth-order valence-electron chi connectivity index (χ4n) is 2.86. The lowest BCUT2D eigenvalue weighted by Crippen LogP contribution is -2.31. The van der Waals surface area contributed by atoms with Crippen LogP contribution < -0.4 is 19.7 Å². The van der Waals surface area contributed by atoms with Gasteiger partial charge < -0.3 is 14.8 Å². The van der Waals surface area contributed by atoms with Crippen LogP contribution in [0.4, 0.5) is 5.69 Å². The standard InChI is InChI=1S/C20H20N2O3S/c1-4-14-7-5-6-8-18(14)22-19(23)17(21-20(22)26)11-13-9-15(24-2)12-16(10-13)25-3/h5-12H,4H2,1-3H3,(H,21,26)/b17-11+. The van der Waals surface area contributed by atoms with Crippen LogP contribution in [0.5, 0.6) is 11.5 Å². The van der Waals surface area contributed by atoms with Crippen LogP contribution in [0.1, 0.15) is 18.1 Å². The highest BCUT2D eigenvalue weighted by molar-refractivity contribution is 7.80. The molecule has 5 nitrogen and oxygen atoms in total. The summed E-state index contributed by atoms with van der Waals surface area (Å²) in [5, 5.41) is 3.39. The van der Waals surface area contributed by atoms with E-state index in [4.69, 9.17) is 21.7 Å². The largest absolute Gasteiger partial charge is 0.497 e. The third-order valence-corrected chi connectivity index (χ3v) is 4.46. The van der Waals surface area contributed by atoms with Gasteiger partial charge in [0, 0.05) is 6.07 Å². The summed E-state index contributed by atoms with van der Waals surface area (Å²) in [6.07, 6.45) is 2.56. The van der Waals surface area contributed by atoms with Crippen molar-refractivity contribution in [3.05, 3.63) is 59.3 Å². The van der Waals surface area contributed by atoms with Crippen molar-refractivity contribution >= 4 is 35.0 Å². The summed E-state index contributed by atoms with van der Waals surface area (Å²) in [7, 11) is 3.17. The maximum absolute atomic E-state index is 12.9. The molecule has 0 saturated carbocycles. The number of rotatable bonds is 5. The minimum absolute atomic E-state index is 0.183. The number of aryl methyl sites for hydroxylation is 1. The molecular formula is C20H20N2O3S. The number of nitrogens with zero attached hydrogens (tertiary/aromatic N) is 1. The second-order valence-electron chi connectivity index (χ2n) is 5.76. The number of hydrogen-bond acceptors (Lipinski definition) is 4. The highest BCUT2D eigenvalue weighted by Gasteiger charge is 2.32. The summed E-state index contributed by atoms with van der Waals surface area (Å²) in [6, 6.07) is 13.2. The molecule has 6 heteroatoms. The van der Waals surface area contributed by atoms with Gasteiger partial charge >= 0.3 is 0 Å². The first-order chi connectivity index (χ1) is 12.6. The van der Waals surface area contributed by atoms with E-state index < -0.39 is 0 Å². The number of benzene rings is 2. The third-order valence-electron chi connectivity index (χ3n) is 4.18. The topological polar surface area (TPSA) is 50.8 Å². The van der Waals surface area contributed by atoms with Gasteiger partial charge in [-0.25, -0.2) is 0 Å². The fourth-order valence-corrected chi connectivity index (χ4v) is 3.15. The minimum atomic E-state index is -0.183. The van der Waals surface area contributed by atoms with Gasteiger partial charge in [-0.2, -0.15) is 0 Å². The lowest BCUT2D eigenvalue weighted by Gasteiger charge is -2.17. The predicted octanol–water partition coefficient (Wildman–Crippen LogP) is 3.53. The molecule has 1 saturated heterocycles. The molecule has 0 radical (unpaired) electrons. The van der Waals surface area contributed by atoms with Crippen molar-refractivity contribution in [2.75, 3.05) is 19.1 Å². The van der Waals surface area contributed by atoms with E-state index in [9.17, 15) is 4.79 Å². The van der Waals surface area contributed by atoms with Gasteiger partial charge in [0.15, 0.2) is 5.11 Å². The maximum atomic E-state index is 12.9. The second kappa shape index (κ2) is 7.58. The Labute approximate surface area is 158 Å². The van der Waals surface area contributed by atoms with Gasteiger partial charge in [0.2, 0.25) is 0 Å². The summed E-state index contributed by atoms with van der Waals surface area (Å²) in [5.41, 5.74) is 3.07. The summed E-state index contributed by atoms with van der Waals surface area (Å²) in [6.45, 7) is 2.05. The predicted molar refractivity (Wildman–Crippen MR) is 107 cm³/mol. The molecule has 1 amide bonds. The molecule has 26 heavy (non-hydrogen) atoms. The monoisotopic (exact) mass is 368 g/mol. The number of para-hydroxylation sites is 1. The van der Waals surface area contributed by atoms with Crippen molar-refractivity contribution in [2.24, 2.45) is 0 Å². The molecule has 0 aromatic heterocycles. The Morgan fingerprint density at radius 1 is 1.12 bits per heavy atom. The second-order valence-corrected chi connectivity index (χ2v) is 6.14. The molecule has 3 rings (SSSR count). The molecule has 0 aliphatic carbocycles. The van der Waals surface area contributed by atoms with Gasteiger partial charge in [-0.1, -0.05) is 25.1 Å². The number of carbonyl (C=O) groups is 1. The summed E-state index contributed by atoms with van der Waals surface area (Å²) >= 11 is 5.40. The molecule has 1 heterocycles. The lowest BCUT2D eigenvalue weighted by atomic mass is 10.1. The first-order valence-electron chi connectivity index (χ1n) is 8.25. The molecule has 2 aromatic rings. The smallest absolute Gasteiger partial charge is 0.281 e. The van der Waals surface area contributed by atoms with Crippen LogP contribution >= 0.6 is 12.2 Å². The zero-order valence-electron chi connectivity index (χ0n) is 14.9. The van der Waals surface area contributed by atoms with E-state index in [1.165, 1.54) is 4.90 Å². The summed E-state index contributed by atoms with van der Waals surface area (Å²) in [5.74, 6) is 1.12. The molecule has 0 unspecified atom stereocenters. The number of methoxy groups -OCH3 is 2. The van der Waals surface area contributed by atoms with E-state index in [0.717, 1.165) is 23.2 Å². The van der Waals surface area contributed by atoms with Gasteiger partial charge in [-0.15, -0.1) is 0 Å². The number of amides is 1. The number of anilines is 1. The highest BCUT2D eigenvalue weighted by Crippen LogP contribution is 2.28. The van der Waals surface area contributed by atoms with Gasteiger partial charge in [-0.05, 0) is 54.0 Å². The summed E-state index contributed by atoms with van der Waals surface area (Å²) in [4.78, 5) is 14.5. The number of hydrogen-bond donors (Lipinski definition) is 1. The SMILES string of the molecule is CCc1ccccc1N1C(=O)/C(=C\c2cc(OC)cc(OC)c2)NC1=S. The van der Waals surface area contributed by atoms with E-state index in [2.05, 4.69) is 12.2 Å². The molecule has 1 aliphatic rings. The van der Waals surface area contributed by atoms with Gasteiger partial charge in [0.1, 0.15) is 17.2 Å². The van der Waals surface area contributed by atoms with E-state index in [1.807, 2.05) is 36.4 Å². The molecule has 1 N–H and O–H groups in total. The van der Waals surface area contributed by atoms with Crippen LogP contribution in [-0.4, -0.2) is 25.2 Å². The molecule has 1 fully saturated rings. The molecule has 134 valence electrons. The summed E-state index contributed by atoms with van der Waals surface area (Å²) < 4.78 is 10.6. The Hall–Kier alpha value is -2.86. The van der Waals surface area contributed by atoms with Crippen LogP contribution in [0.15, 0.2) is 48.2 Å². The Morgan fingerprint density at radius 2 is 1.77 bits per heavy atom. The number of ether oxygens (including phenoxy) is 2. The maximum Gasteiger partial charge on any atom is 0.281 e. The minimum Gasteiger partial charge on any atom is -0.497 e. The first kappa shape index (κ1) is 17.9. The van der Waals surface area contributed by atoms with Crippen LogP contribution in [0.25, 0.3) is 6.08 Å². The van der Waals surface area contributed by atoms with Crippen molar-refractivity contribution in [2.45, 2.75) is 13.3 Å². The van der Waals surface area contributed by atoms with Gasteiger partial charge in [-0.3, -0.25) is 9.69 Å². The Bertz CT molecular complexity index is 870. The molecule has 0 spiro atoms. The van der Waals surface area contributed by atoms with Gasteiger partial charge in [0.05, 0.1) is 19.9 Å². The lowest BCUT2D eigenvalue weighted by molar-refractivity contribution is -0.113. The van der Waals surface area contributed by atoms with E-state index in [1.54, 1.807) is 26.4 Å². The molecular weight excluding hydrogens is 348 g/mol. The van der Waals surface area contributed by atoms with Crippen LogP contribution in [0, 0.1) is 0 Å². The Morgan fingerprint density at radius 3 is 2.38 bits per heavy atom. The first-order valence-corrected chi connectivity index (χ1v) is 8.66. The average Bonchev–Trinajstić information content (AvgIpc) is 2.94. The number of thiocarbonyl (C=S) groups is 1. The molecule has 2 aromatic carbocycles. The zero-order chi connectivity index (χ0) is 18.7. The van der Waals surface area contributed by atoms with Crippen molar-refractivity contribution in [3.63, 3.8) is 0 Å². The zero-order valence-corrected chi connectivity index (χ0v) is 15.7. The van der Waals surface area contributed by atoms with Gasteiger partial charge in [0.25, 0.3) is 5.91 Å².